The molecule has 1 saturated heterocycles. The summed E-state index contributed by atoms with van der Waals surface area (Å²) in [5, 5.41) is 0.0536. The van der Waals surface area contributed by atoms with E-state index in [-0.39, 0.29) is 16.7 Å². The van der Waals surface area contributed by atoms with Gasteiger partial charge in [0, 0.05) is 37.9 Å². The number of ether oxygens (including phenoxy) is 2. The lowest BCUT2D eigenvalue weighted by molar-refractivity contribution is 0.174. The molecule has 2 aromatic carbocycles. The first-order valence-electron chi connectivity index (χ1n) is 8.05. The van der Waals surface area contributed by atoms with Gasteiger partial charge in [-0.3, -0.25) is 0 Å². The molecular formula is C17H16ClFN2O4S. The fraction of sp³-hybridized carbons (Fsp3) is 0.294. The molecule has 4 rings (SSSR count). The Morgan fingerprint density at radius 1 is 0.962 bits per heavy atom. The molecule has 0 atom stereocenters. The normalized spacial score (nSPS) is 17.5. The molecule has 0 saturated carbocycles. The molecule has 0 unspecified atom stereocenters. The maximum Gasteiger partial charge on any atom is 0.243 e. The van der Waals surface area contributed by atoms with Gasteiger partial charge in [0.1, 0.15) is 5.82 Å². The molecule has 1 fully saturated rings. The van der Waals surface area contributed by atoms with E-state index in [9.17, 15) is 12.8 Å². The Hall–Kier alpha value is -2.03. The number of nitrogens with zero attached hydrogens (tertiary/aromatic N) is 2. The van der Waals surface area contributed by atoms with Crippen LogP contribution in [0.4, 0.5) is 10.1 Å². The molecular weight excluding hydrogens is 383 g/mol. The third-order valence-electron chi connectivity index (χ3n) is 4.49. The van der Waals surface area contributed by atoms with Crippen molar-refractivity contribution in [3.8, 4) is 11.5 Å². The number of anilines is 1. The molecule has 0 amide bonds. The summed E-state index contributed by atoms with van der Waals surface area (Å²) in [4.78, 5) is 2.16. The molecule has 6 nitrogen and oxygen atoms in total. The maximum atomic E-state index is 13.3. The molecule has 2 aliphatic heterocycles. The Morgan fingerprint density at radius 2 is 1.69 bits per heavy atom. The summed E-state index contributed by atoms with van der Waals surface area (Å²) < 4.78 is 51.0. The van der Waals surface area contributed by atoms with Gasteiger partial charge in [-0.1, -0.05) is 11.6 Å². The summed E-state index contributed by atoms with van der Waals surface area (Å²) in [6, 6.07) is 9.13. The van der Waals surface area contributed by atoms with Crippen molar-refractivity contribution < 1.29 is 22.3 Å². The summed E-state index contributed by atoms with van der Waals surface area (Å²) >= 11 is 5.83. The second kappa shape index (κ2) is 6.61. The van der Waals surface area contributed by atoms with Crippen LogP contribution in [0.3, 0.4) is 0 Å². The van der Waals surface area contributed by atoms with Gasteiger partial charge in [-0.15, -0.1) is 0 Å². The molecule has 2 aromatic rings. The number of piperazine rings is 1. The molecule has 0 aromatic heterocycles. The second-order valence-corrected chi connectivity index (χ2v) is 8.35. The van der Waals surface area contributed by atoms with Crippen molar-refractivity contribution in [3.05, 3.63) is 47.2 Å². The van der Waals surface area contributed by atoms with Crippen LogP contribution < -0.4 is 14.4 Å². The quantitative estimate of drug-likeness (QED) is 0.795. The average molecular weight is 399 g/mol. The molecule has 0 spiro atoms. The van der Waals surface area contributed by atoms with Crippen molar-refractivity contribution in [3.63, 3.8) is 0 Å². The lowest BCUT2D eigenvalue weighted by atomic mass is 10.2. The van der Waals surface area contributed by atoms with E-state index in [4.69, 9.17) is 21.1 Å². The van der Waals surface area contributed by atoms with Gasteiger partial charge in [-0.2, -0.15) is 4.31 Å². The van der Waals surface area contributed by atoms with E-state index >= 15 is 0 Å². The fourth-order valence-corrected chi connectivity index (χ4v) is 4.67. The predicted molar refractivity (Wildman–Crippen MR) is 94.9 cm³/mol. The van der Waals surface area contributed by atoms with E-state index in [1.165, 1.54) is 22.5 Å². The molecule has 0 bridgehead atoms. The fourth-order valence-electron chi connectivity index (χ4n) is 3.05. The molecule has 0 N–H and O–H groups in total. The van der Waals surface area contributed by atoms with Gasteiger partial charge in [0.25, 0.3) is 0 Å². The predicted octanol–water partition coefficient (Wildman–Crippen LogP) is 2.72. The topological polar surface area (TPSA) is 59.1 Å². The van der Waals surface area contributed by atoms with Gasteiger partial charge in [0.2, 0.25) is 16.8 Å². The van der Waals surface area contributed by atoms with Crippen molar-refractivity contribution in [2.24, 2.45) is 0 Å². The Kier molecular flexibility index (Phi) is 4.42. The number of hydrogen-bond donors (Lipinski definition) is 0. The highest BCUT2D eigenvalue weighted by molar-refractivity contribution is 7.89. The van der Waals surface area contributed by atoms with Crippen LogP contribution in [0.2, 0.25) is 5.02 Å². The largest absolute Gasteiger partial charge is 0.454 e. The highest BCUT2D eigenvalue weighted by Gasteiger charge is 2.30. The van der Waals surface area contributed by atoms with Crippen LogP contribution in [0.1, 0.15) is 0 Å². The number of halogens is 2. The maximum absolute atomic E-state index is 13.3. The smallest absolute Gasteiger partial charge is 0.243 e. The Labute approximate surface area is 155 Å². The van der Waals surface area contributed by atoms with Gasteiger partial charge < -0.3 is 14.4 Å². The third-order valence-corrected chi connectivity index (χ3v) is 6.67. The van der Waals surface area contributed by atoms with E-state index in [2.05, 4.69) is 0 Å². The minimum Gasteiger partial charge on any atom is -0.454 e. The molecule has 26 heavy (non-hydrogen) atoms. The van der Waals surface area contributed by atoms with Crippen LogP contribution in [-0.2, 0) is 10.0 Å². The van der Waals surface area contributed by atoms with Crippen molar-refractivity contribution in [2.75, 3.05) is 37.9 Å². The lowest BCUT2D eigenvalue weighted by Crippen LogP contribution is -2.48. The van der Waals surface area contributed by atoms with Gasteiger partial charge >= 0.3 is 0 Å². The Balaban J connectivity index is 1.49. The average Bonchev–Trinajstić information content (AvgIpc) is 3.12. The van der Waals surface area contributed by atoms with Gasteiger partial charge in [0.05, 0.1) is 9.92 Å². The van der Waals surface area contributed by atoms with Crippen molar-refractivity contribution in [2.45, 2.75) is 4.90 Å². The van der Waals surface area contributed by atoms with E-state index in [1.807, 2.05) is 4.90 Å². The molecule has 138 valence electrons. The minimum absolute atomic E-state index is 0.0536. The van der Waals surface area contributed by atoms with Crippen molar-refractivity contribution in [1.82, 2.24) is 4.31 Å². The van der Waals surface area contributed by atoms with Crippen LogP contribution in [0.25, 0.3) is 0 Å². The number of rotatable bonds is 3. The monoisotopic (exact) mass is 398 g/mol. The minimum atomic E-state index is -3.62. The van der Waals surface area contributed by atoms with Crippen molar-refractivity contribution in [1.29, 1.82) is 0 Å². The number of fused-ring (bicyclic) bond motifs is 1. The number of benzene rings is 2. The standard InChI is InChI=1S/C17H16ClFN2O4S/c18-14-9-12(1-3-15(14)19)20-5-7-21(8-6-20)26(22,23)13-2-4-16-17(10-13)25-11-24-16/h1-4,9-10H,5-8,11H2. The number of sulfonamides is 1. The first kappa shape index (κ1) is 17.4. The van der Waals surface area contributed by atoms with Crippen LogP contribution in [-0.4, -0.2) is 45.7 Å². The first-order valence-corrected chi connectivity index (χ1v) is 9.87. The summed E-state index contributed by atoms with van der Waals surface area (Å²) in [5.74, 6) is 0.507. The summed E-state index contributed by atoms with van der Waals surface area (Å²) in [7, 11) is -3.62. The van der Waals surface area contributed by atoms with E-state index in [1.54, 1.807) is 18.2 Å². The molecule has 0 aliphatic carbocycles. The summed E-state index contributed by atoms with van der Waals surface area (Å²) in [6.45, 7) is 1.73. The molecule has 9 heteroatoms. The van der Waals surface area contributed by atoms with Gasteiger partial charge in [-0.05, 0) is 30.3 Å². The van der Waals surface area contributed by atoms with Gasteiger partial charge in [-0.25, -0.2) is 12.8 Å². The van der Waals surface area contributed by atoms with Crippen LogP contribution in [0.15, 0.2) is 41.3 Å². The first-order chi connectivity index (χ1) is 12.4. The van der Waals surface area contributed by atoms with Crippen LogP contribution in [0, 0.1) is 5.82 Å². The van der Waals surface area contributed by atoms with E-state index in [0.29, 0.717) is 37.7 Å². The van der Waals surface area contributed by atoms with Gasteiger partial charge in [0.15, 0.2) is 11.5 Å². The zero-order chi connectivity index (χ0) is 18.3. The highest BCUT2D eigenvalue weighted by atomic mass is 35.5. The third kappa shape index (κ3) is 3.08. The zero-order valence-corrected chi connectivity index (χ0v) is 15.3. The summed E-state index contributed by atoms with van der Waals surface area (Å²) in [5.41, 5.74) is 0.775. The molecule has 2 heterocycles. The second-order valence-electron chi connectivity index (χ2n) is 6.00. The van der Waals surface area contributed by atoms with Crippen LogP contribution >= 0.6 is 11.6 Å². The van der Waals surface area contributed by atoms with Crippen molar-refractivity contribution >= 4 is 27.3 Å². The van der Waals surface area contributed by atoms with E-state index in [0.717, 1.165) is 5.69 Å². The zero-order valence-electron chi connectivity index (χ0n) is 13.7. The number of hydrogen-bond acceptors (Lipinski definition) is 5. The highest BCUT2D eigenvalue weighted by Crippen LogP contribution is 2.35. The lowest BCUT2D eigenvalue weighted by Gasteiger charge is -2.35. The molecule has 0 radical (unpaired) electrons. The van der Waals surface area contributed by atoms with Crippen LogP contribution in [0.5, 0.6) is 11.5 Å². The van der Waals surface area contributed by atoms with E-state index < -0.39 is 15.8 Å². The Morgan fingerprint density at radius 3 is 2.42 bits per heavy atom. The Bertz CT molecular complexity index is 946. The SMILES string of the molecule is O=S(=O)(c1ccc2c(c1)OCO2)N1CCN(c2ccc(F)c(Cl)c2)CC1. The molecule has 2 aliphatic rings. The summed E-state index contributed by atoms with van der Waals surface area (Å²) in [6.07, 6.45) is 0.